The Bertz CT molecular complexity index is 702. The number of hydrogen-bond donors (Lipinski definition) is 1. The quantitative estimate of drug-likeness (QED) is 0.812. The summed E-state index contributed by atoms with van der Waals surface area (Å²) in [5, 5.41) is 3.30. The molecule has 1 saturated heterocycles. The molecule has 5 heteroatoms. The summed E-state index contributed by atoms with van der Waals surface area (Å²) in [6, 6.07) is 8.17. The molecule has 5 fully saturated rings. The highest BCUT2D eigenvalue weighted by atomic mass is 35.5. The van der Waals surface area contributed by atoms with Crippen molar-refractivity contribution >= 4 is 28.9 Å². The first-order chi connectivity index (χ1) is 12.6. The minimum Gasteiger partial charge on any atom is -0.378 e. The standard InChI is InChI=1S/C21H27ClN2O2/c22-21-12-15-9-16(13-21)11-20(10-15,14-21)19(25)23-17-3-1-2-4-18(17)24-5-7-26-8-6-24/h1-4,15-16H,5-14H2,(H,23,25). The fourth-order valence-electron chi connectivity index (χ4n) is 6.33. The van der Waals surface area contributed by atoms with Crippen LogP contribution in [-0.2, 0) is 9.53 Å². The molecule has 1 heterocycles. The molecule has 26 heavy (non-hydrogen) atoms. The smallest absolute Gasteiger partial charge is 0.230 e. The molecule has 0 spiro atoms. The fraction of sp³-hybridized carbons (Fsp3) is 0.667. The number of nitrogens with zero attached hydrogens (tertiary/aromatic N) is 1. The lowest BCUT2D eigenvalue weighted by molar-refractivity contribution is -0.138. The van der Waals surface area contributed by atoms with Crippen molar-refractivity contribution in [2.75, 3.05) is 36.5 Å². The molecule has 5 aliphatic rings. The third kappa shape index (κ3) is 2.82. The fourth-order valence-corrected chi connectivity index (χ4v) is 7.02. The van der Waals surface area contributed by atoms with Crippen molar-refractivity contribution in [3.63, 3.8) is 0 Å². The van der Waals surface area contributed by atoms with Gasteiger partial charge in [0.05, 0.1) is 30.0 Å². The van der Waals surface area contributed by atoms with Gasteiger partial charge in [0.25, 0.3) is 0 Å². The predicted molar refractivity (Wildman–Crippen MR) is 104 cm³/mol. The van der Waals surface area contributed by atoms with Crippen LogP contribution < -0.4 is 10.2 Å². The maximum absolute atomic E-state index is 13.4. The van der Waals surface area contributed by atoms with Crippen molar-refractivity contribution in [3.05, 3.63) is 24.3 Å². The Morgan fingerprint density at radius 1 is 1.12 bits per heavy atom. The van der Waals surface area contributed by atoms with Gasteiger partial charge in [-0.25, -0.2) is 0 Å². The van der Waals surface area contributed by atoms with Gasteiger partial charge >= 0.3 is 0 Å². The van der Waals surface area contributed by atoms with Gasteiger partial charge in [0.2, 0.25) is 5.91 Å². The maximum atomic E-state index is 13.4. The van der Waals surface area contributed by atoms with Crippen LogP contribution in [0.25, 0.3) is 0 Å². The van der Waals surface area contributed by atoms with Crippen molar-refractivity contribution < 1.29 is 9.53 Å². The Hall–Kier alpha value is -1.26. The first-order valence-corrected chi connectivity index (χ1v) is 10.4. The number of carbonyl (C=O) groups excluding carboxylic acids is 1. The van der Waals surface area contributed by atoms with Gasteiger partial charge in [0.1, 0.15) is 0 Å². The monoisotopic (exact) mass is 374 g/mol. The Kier molecular flexibility index (Phi) is 3.98. The summed E-state index contributed by atoms with van der Waals surface area (Å²) in [5.41, 5.74) is 1.78. The summed E-state index contributed by atoms with van der Waals surface area (Å²) < 4.78 is 5.47. The molecule has 1 aromatic rings. The average molecular weight is 375 g/mol. The zero-order chi connectivity index (χ0) is 17.8. The van der Waals surface area contributed by atoms with E-state index < -0.39 is 0 Å². The summed E-state index contributed by atoms with van der Waals surface area (Å²) in [6.07, 6.45) is 6.36. The normalized spacial score (nSPS) is 38.4. The molecule has 1 aliphatic heterocycles. The second-order valence-corrected chi connectivity index (χ2v) is 9.76. The number of ether oxygens (including phenoxy) is 1. The Morgan fingerprint density at radius 2 is 1.81 bits per heavy atom. The van der Waals surface area contributed by atoms with Crippen LogP contribution in [0.2, 0.25) is 0 Å². The number of nitrogens with one attached hydrogen (secondary N) is 1. The molecule has 0 aromatic heterocycles. The van der Waals surface area contributed by atoms with E-state index in [-0.39, 0.29) is 16.2 Å². The maximum Gasteiger partial charge on any atom is 0.230 e. The molecule has 4 aliphatic carbocycles. The van der Waals surface area contributed by atoms with E-state index in [4.69, 9.17) is 16.3 Å². The molecule has 6 rings (SSSR count). The molecule has 4 nitrogen and oxygen atoms in total. The van der Waals surface area contributed by atoms with Crippen LogP contribution in [0, 0.1) is 17.3 Å². The average Bonchev–Trinajstić information content (AvgIpc) is 2.61. The van der Waals surface area contributed by atoms with Crippen LogP contribution in [0.15, 0.2) is 24.3 Å². The number of para-hydroxylation sites is 2. The number of halogens is 1. The summed E-state index contributed by atoms with van der Waals surface area (Å²) >= 11 is 6.92. The zero-order valence-corrected chi connectivity index (χ0v) is 15.9. The number of hydrogen-bond acceptors (Lipinski definition) is 3. The van der Waals surface area contributed by atoms with Crippen LogP contribution in [0.1, 0.15) is 38.5 Å². The second-order valence-electron chi connectivity index (χ2n) is 8.96. The molecular formula is C21H27ClN2O2. The largest absolute Gasteiger partial charge is 0.378 e. The van der Waals surface area contributed by atoms with Gasteiger partial charge in [0, 0.05) is 18.0 Å². The number of alkyl halides is 1. The van der Waals surface area contributed by atoms with Gasteiger partial charge in [0.15, 0.2) is 0 Å². The highest BCUT2D eigenvalue weighted by Gasteiger charge is 2.60. The molecule has 1 amide bonds. The number of morpholine rings is 1. The van der Waals surface area contributed by atoms with Crippen molar-refractivity contribution in [1.29, 1.82) is 0 Å². The first kappa shape index (κ1) is 16.9. The van der Waals surface area contributed by atoms with Crippen LogP contribution in [0.3, 0.4) is 0 Å². The first-order valence-electron chi connectivity index (χ1n) is 9.97. The van der Waals surface area contributed by atoms with Crippen molar-refractivity contribution in [3.8, 4) is 0 Å². The SMILES string of the molecule is O=C(Nc1ccccc1N1CCOCC1)C12CC3CC(CC(Cl)(C3)C1)C2. The van der Waals surface area contributed by atoms with E-state index in [1.54, 1.807) is 0 Å². The second kappa shape index (κ2) is 6.13. The van der Waals surface area contributed by atoms with Crippen molar-refractivity contribution in [2.24, 2.45) is 17.3 Å². The Labute approximate surface area is 160 Å². The summed E-state index contributed by atoms with van der Waals surface area (Å²) in [5.74, 6) is 1.46. The Morgan fingerprint density at radius 3 is 2.50 bits per heavy atom. The van der Waals surface area contributed by atoms with E-state index in [1.807, 2.05) is 18.2 Å². The third-order valence-electron chi connectivity index (χ3n) is 6.98. The Balaban J connectivity index is 1.39. The number of amides is 1. The van der Waals surface area contributed by atoms with E-state index in [2.05, 4.69) is 16.3 Å². The van der Waals surface area contributed by atoms with E-state index in [0.717, 1.165) is 69.8 Å². The van der Waals surface area contributed by atoms with E-state index in [0.29, 0.717) is 11.8 Å². The summed E-state index contributed by atoms with van der Waals surface area (Å²) in [4.78, 5) is 15.6. The molecule has 4 bridgehead atoms. The number of anilines is 2. The topological polar surface area (TPSA) is 41.6 Å². The van der Waals surface area contributed by atoms with Crippen molar-refractivity contribution in [1.82, 2.24) is 0 Å². The number of carbonyl (C=O) groups is 1. The van der Waals surface area contributed by atoms with Gasteiger partial charge in [-0.15, -0.1) is 11.6 Å². The van der Waals surface area contributed by atoms with Crippen molar-refractivity contribution in [2.45, 2.75) is 43.4 Å². The van der Waals surface area contributed by atoms with Crippen LogP contribution in [0.4, 0.5) is 11.4 Å². The lowest BCUT2D eigenvalue weighted by atomic mass is 9.49. The molecule has 1 N–H and O–H groups in total. The molecule has 4 saturated carbocycles. The minimum atomic E-state index is -0.260. The van der Waals surface area contributed by atoms with Gasteiger partial charge in [-0.2, -0.15) is 0 Å². The predicted octanol–water partition coefficient (Wildman–Crippen LogP) is 4.04. The van der Waals surface area contributed by atoms with Crippen LogP contribution in [-0.4, -0.2) is 37.1 Å². The molecule has 2 atom stereocenters. The van der Waals surface area contributed by atoms with Gasteiger partial charge in [-0.1, -0.05) is 12.1 Å². The summed E-state index contributed by atoms with van der Waals surface area (Å²) in [7, 11) is 0. The van der Waals surface area contributed by atoms with Gasteiger partial charge in [-0.05, 0) is 62.5 Å². The third-order valence-corrected chi connectivity index (χ3v) is 7.42. The molecule has 0 radical (unpaired) electrons. The highest BCUT2D eigenvalue weighted by Crippen LogP contribution is 2.64. The zero-order valence-electron chi connectivity index (χ0n) is 15.2. The van der Waals surface area contributed by atoms with Crippen LogP contribution >= 0.6 is 11.6 Å². The van der Waals surface area contributed by atoms with Gasteiger partial charge in [-0.3, -0.25) is 4.79 Å². The molecule has 140 valence electrons. The minimum absolute atomic E-state index is 0.134. The number of benzene rings is 1. The number of rotatable bonds is 3. The molecular weight excluding hydrogens is 348 g/mol. The molecule has 2 unspecified atom stereocenters. The van der Waals surface area contributed by atoms with E-state index in [1.165, 1.54) is 6.42 Å². The molecule has 1 aromatic carbocycles. The summed E-state index contributed by atoms with van der Waals surface area (Å²) in [6.45, 7) is 3.22. The highest BCUT2D eigenvalue weighted by molar-refractivity contribution is 6.24. The van der Waals surface area contributed by atoms with Crippen LogP contribution in [0.5, 0.6) is 0 Å². The van der Waals surface area contributed by atoms with E-state index >= 15 is 0 Å². The lowest BCUT2D eigenvalue weighted by Crippen LogP contribution is -2.57. The van der Waals surface area contributed by atoms with E-state index in [9.17, 15) is 4.79 Å². The lowest BCUT2D eigenvalue weighted by Gasteiger charge is -2.59. The van der Waals surface area contributed by atoms with Gasteiger partial charge < -0.3 is 15.0 Å².